The summed E-state index contributed by atoms with van der Waals surface area (Å²) in [5.74, 6) is 0. The van der Waals surface area contributed by atoms with Gasteiger partial charge in [0, 0.05) is 0 Å². The van der Waals surface area contributed by atoms with Gasteiger partial charge in [-0.05, 0) is 11.1 Å². The molecule has 0 heterocycles. The first kappa shape index (κ1) is 73.1. The molecule has 16 aromatic rings. The van der Waals surface area contributed by atoms with Crippen LogP contribution in [0.4, 0.5) is 0 Å². The molecule has 2 aliphatic carbocycles. The second-order valence-corrected chi connectivity index (χ2v) is 26.7. The molecule has 0 unspecified atom stereocenters. The van der Waals surface area contributed by atoms with Crippen molar-refractivity contribution in [3.05, 3.63) is 480 Å². The van der Waals surface area contributed by atoms with Crippen molar-refractivity contribution in [1.29, 1.82) is 0 Å². The Bertz CT molecular complexity index is 4900. The molecule has 4 heteroatoms. The first-order chi connectivity index (χ1) is 49.5. The van der Waals surface area contributed by atoms with Gasteiger partial charge in [-0.1, -0.05) is 266 Å². The number of fused-ring (bicyclic) bond motifs is 6. The van der Waals surface area contributed by atoms with Gasteiger partial charge in [0.1, 0.15) is 0 Å². The molecule has 0 saturated heterocycles. The zero-order valence-corrected chi connectivity index (χ0v) is 62.9. The van der Waals surface area contributed by atoms with Crippen LogP contribution >= 0.6 is 0 Å². The fourth-order valence-corrected chi connectivity index (χ4v) is 14.5. The van der Waals surface area contributed by atoms with Gasteiger partial charge >= 0.3 is 198 Å². The van der Waals surface area contributed by atoms with Crippen molar-refractivity contribution in [2.45, 2.75) is 12.8 Å². The molecule has 0 aliphatic heterocycles. The van der Waals surface area contributed by atoms with Crippen molar-refractivity contribution in [1.82, 2.24) is 0 Å². The van der Waals surface area contributed by atoms with E-state index in [9.17, 15) is 0 Å². The van der Waals surface area contributed by atoms with Crippen molar-refractivity contribution >= 4 is 82.9 Å². The summed E-state index contributed by atoms with van der Waals surface area (Å²) in [5, 5.41) is 10.8. The molecule has 18 rings (SSSR count). The molecule has 488 valence electrons. The zero-order chi connectivity index (χ0) is 67.9. The van der Waals surface area contributed by atoms with E-state index in [1.165, 1.54) is 187 Å². The predicted octanol–water partition coefficient (Wildman–Crippen LogP) is 18.8. The minimum atomic E-state index is 0. The molecule has 0 radical (unpaired) electrons. The minimum Gasteiger partial charge on any atom is -0.126 e. The van der Waals surface area contributed by atoms with E-state index in [2.05, 4.69) is 425 Å². The topological polar surface area (TPSA) is 0 Å². The largest absolute Gasteiger partial charge is 0.126 e. The van der Waals surface area contributed by atoms with Crippen molar-refractivity contribution in [2.75, 3.05) is 0 Å². The Kier molecular flexibility index (Phi) is 26.9. The average molecular weight is 1500 g/mol. The SMILES string of the molecule is [C-]1=C(c2ccccc2)C(c2ccccc2)=C(c2ccccc2)C1.[C-]1=C(c2ccccc2)C(c2ccccc2)=C(c2ccccc2)C1.[Cl-].[Cl-].[Zr+2]=[C](c1ccccc1)c1ccccc1.[Zr+2]=[C](c1ccccc1)c1ccccc1.c1ccc2c(c1)[cH-]c1ccccc12.c1ccc2c(c1)[cH-]c1ccccc12. The Morgan fingerprint density at radius 1 is 0.216 bits per heavy atom. The third-order valence-corrected chi connectivity index (χ3v) is 20.6. The normalized spacial score (nSPS) is 11.8. The van der Waals surface area contributed by atoms with Gasteiger partial charge in [-0.2, -0.15) is 23.3 Å². The number of allylic oxidation sites excluding steroid dienone is 8. The van der Waals surface area contributed by atoms with Crippen LogP contribution in [-0.4, -0.2) is 6.41 Å². The fourth-order valence-electron chi connectivity index (χ4n) is 12.9. The van der Waals surface area contributed by atoms with E-state index in [0.717, 1.165) is 12.8 Å². The molecule has 0 atom stereocenters. The molecule has 0 fully saturated rings. The van der Waals surface area contributed by atoms with Crippen molar-refractivity contribution in [3.63, 3.8) is 0 Å². The Labute approximate surface area is 643 Å². The van der Waals surface area contributed by atoms with E-state index in [0.29, 0.717) is 0 Å². The van der Waals surface area contributed by atoms with E-state index >= 15 is 0 Å². The third kappa shape index (κ3) is 18.5. The molecule has 0 spiro atoms. The summed E-state index contributed by atoms with van der Waals surface area (Å²) in [4.78, 5) is 0. The van der Waals surface area contributed by atoms with Gasteiger partial charge in [-0.15, -0.1) is 126 Å². The molecular formula is C98H72Cl2Zr2-2. The molecular weight excluding hydrogens is 1430 g/mol. The van der Waals surface area contributed by atoms with Crippen LogP contribution in [0.1, 0.15) is 68.5 Å². The summed E-state index contributed by atoms with van der Waals surface area (Å²) in [6.45, 7) is 0. The maximum atomic E-state index is 3.61. The Morgan fingerprint density at radius 2 is 0.402 bits per heavy atom. The second-order valence-electron chi connectivity index (χ2n) is 24.2. The van der Waals surface area contributed by atoms with E-state index in [1.807, 2.05) is 0 Å². The number of halogens is 2. The van der Waals surface area contributed by atoms with Gasteiger partial charge in [-0.25, -0.2) is 0 Å². The van der Waals surface area contributed by atoms with Crippen LogP contribution in [0.2, 0.25) is 0 Å². The number of benzene rings is 14. The minimum absolute atomic E-state index is 0. The molecule has 102 heavy (non-hydrogen) atoms. The van der Waals surface area contributed by atoms with Gasteiger partial charge in [0.25, 0.3) is 0 Å². The molecule has 0 bridgehead atoms. The molecule has 0 N–H and O–H groups in total. The third-order valence-electron chi connectivity index (χ3n) is 17.8. The maximum absolute atomic E-state index is 3.61. The molecule has 2 aliphatic rings. The fraction of sp³-hybridized carbons (Fsp3) is 0.0204. The number of rotatable bonds is 10. The van der Waals surface area contributed by atoms with Crippen LogP contribution < -0.4 is 24.8 Å². The van der Waals surface area contributed by atoms with Gasteiger partial charge in [0.05, 0.1) is 0 Å². The summed E-state index contributed by atoms with van der Waals surface area (Å²) < 4.78 is 2.83. The average Bonchev–Trinajstić information content (AvgIpc) is 1.58. The number of hydrogen-bond donors (Lipinski definition) is 0. The summed E-state index contributed by atoms with van der Waals surface area (Å²) in [6, 6.07) is 144. The smallest absolute Gasteiger partial charge is 0.0771 e. The van der Waals surface area contributed by atoms with Crippen molar-refractivity contribution < 1.29 is 73.3 Å². The van der Waals surface area contributed by atoms with Crippen molar-refractivity contribution in [3.8, 4) is 0 Å². The molecule has 0 amide bonds. The quantitative estimate of drug-likeness (QED) is 0.120. The van der Waals surface area contributed by atoms with E-state index < -0.39 is 0 Å². The van der Waals surface area contributed by atoms with E-state index in [1.54, 1.807) is 0 Å². The van der Waals surface area contributed by atoms with Crippen LogP contribution in [0.5, 0.6) is 0 Å². The molecule has 16 aromatic carbocycles. The molecule has 0 saturated carbocycles. The van der Waals surface area contributed by atoms with Gasteiger partial charge in [-0.3, -0.25) is 0 Å². The van der Waals surface area contributed by atoms with Crippen LogP contribution in [0.15, 0.2) is 413 Å². The maximum Gasteiger partial charge on any atom is -0.0771 e. The first-order valence-electron chi connectivity index (χ1n) is 34.0. The Balaban J connectivity index is 0.000000125. The monoisotopic (exact) mass is 1500 g/mol. The Hall–Kier alpha value is -10.1. The van der Waals surface area contributed by atoms with Crippen LogP contribution in [-0.2, 0) is 48.5 Å². The summed E-state index contributed by atoms with van der Waals surface area (Å²) in [6.07, 6.45) is 8.94. The predicted molar refractivity (Wildman–Crippen MR) is 421 cm³/mol. The van der Waals surface area contributed by atoms with E-state index in [4.69, 9.17) is 0 Å². The van der Waals surface area contributed by atoms with Gasteiger partial charge < -0.3 is 24.8 Å². The van der Waals surface area contributed by atoms with E-state index in [-0.39, 0.29) is 24.8 Å². The summed E-state index contributed by atoms with van der Waals surface area (Å²) >= 11 is 2.92. The summed E-state index contributed by atoms with van der Waals surface area (Å²) in [7, 11) is 0. The van der Waals surface area contributed by atoms with Crippen LogP contribution in [0, 0.1) is 12.2 Å². The number of hydrogen-bond acceptors (Lipinski definition) is 0. The van der Waals surface area contributed by atoms with Crippen molar-refractivity contribution in [2.24, 2.45) is 0 Å². The standard InChI is InChI=1S/2C23H17.2C13H9.2C13H10.2ClH.2Zr/c2*1-4-10-18(11-5-1)21-16-17-22(19-12-6-2-7-13-19)23(21)20-14-8-3-9-15-20;2*1-3-7-12-10(5-1)9-11-6-2-4-8-13(11)12;2*1-3-7-12(8-4-1)11-13-9-5-2-6-10-13;;;;/h2*1-15H,16H2;2*1-9H;2*1-10H;2*1H;;/q4*-1;;;;;2*+2/p-2. The zero-order valence-electron chi connectivity index (χ0n) is 56.4. The molecule has 0 nitrogen and oxygen atoms in total. The second kappa shape index (κ2) is 37.5. The van der Waals surface area contributed by atoms with Crippen LogP contribution in [0.25, 0.3) is 76.5 Å². The van der Waals surface area contributed by atoms with Crippen LogP contribution in [0.3, 0.4) is 0 Å². The summed E-state index contributed by atoms with van der Waals surface area (Å²) in [5.41, 5.74) is 20.6. The Morgan fingerprint density at radius 3 is 0.637 bits per heavy atom. The first-order valence-corrected chi connectivity index (χ1v) is 36.4. The van der Waals surface area contributed by atoms with Gasteiger partial charge in [0.15, 0.2) is 0 Å². The molecule has 0 aromatic heterocycles. The van der Waals surface area contributed by atoms with Gasteiger partial charge in [0.2, 0.25) is 0 Å².